The third kappa shape index (κ3) is 4.14. The van der Waals surface area contributed by atoms with Crippen LogP contribution in [0.3, 0.4) is 0 Å². The summed E-state index contributed by atoms with van der Waals surface area (Å²) >= 11 is 0. The zero-order chi connectivity index (χ0) is 10.2. The Hall–Kier alpha value is -0.500. The first-order valence-electron chi connectivity index (χ1n) is 5.99. The predicted molar refractivity (Wildman–Crippen MR) is 61.9 cm³/mol. The number of nitrogens with zero attached hydrogens (tertiary/aromatic N) is 2. The summed E-state index contributed by atoms with van der Waals surface area (Å²) in [5, 5.41) is 4.59. The van der Waals surface area contributed by atoms with Crippen molar-refractivity contribution in [2.45, 2.75) is 45.4 Å². The van der Waals surface area contributed by atoms with E-state index in [-0.39, 0.29) is 0 Å². The van der Waals surface area contributed by atoms with Crippen LogP contribution in [0, 0.1) is 0 Å². The molecule has 0 radical (unpaired) electrons. The Labute approximate surface area is 88.5 Å². The third-order valence-electron chi connectivity index (χ3n) is 2.85. The quantitative estimate of drug-likeness (QED) is 0.577. The lowest BCUT2D eigenvalue weighted by atomic mass is 10.1. The molecule has 0 aromatic rings. The highest BCUT2D eigenvalue weighted by Gasteiger charge is 2.09. The molecule has 0 atom stereocenters. The van der Waals surface area contributed by atoms with Gasteiger partial charge in [-0.05, 0) is 6.42 Å². The van der Waals surface area contributed by atoms with Crippen LogP contribution < -0.4 is 0 Å². The number of hydrazine groups is 1. The first-order valence-corrected chi connectivity index (χ1v) is 5.99. The molecule has 0 aromatic carbocycles. The van der Waals surface area contributed by atoms with Gasteiger partial charge in [0.15, 0.2) is 0 Å². The van der Waals surface area contributed by atoms with Crippen LogP contribution in [0.2, 0.25) is 0 Å². The zero-order valence-corrected chi connectivity index (χ0v) is 9.71. The summed E-state index contributed by atoms with van der Waals surface area (Å²) in [6.07, 6.45) is 12.7. The van der Waals surface area contributed by atoms with Gasteiger partial charge in [-0.25, -0.2) is 5.01 Å². The van der Waals surface area contributed by atoms with Gasteiger partial charge in [0, 0.05) is 26.3 Å². The molecular formula is C12H24N2. The topological polar surface area (TPSA) is 6.48 Å². The van der Waals surface area contributed by atoms with E-state index in [4.69, 9.17) is 0 Å². The molecule has 0 amide bonds. The molecule has 1 aliphatic rings. The first-order chi connectivity index (χ1) is 6.84. The van der Waals surface area contributed by atoms with Crippen molar-refractivity contribution in [3.05, 3.63) is 12.3 Å². The van der Waals surface area contributed by atoms with Crippen molar-refractivity contribution < 1.29 is 0 Å². The lowest BCUT2D eigenvalue weighted by Crippen LogP contribution is -2.32. The highest BCUT2D eigenvalue weighted by atomic mass is 15.6. The van der Waals surface area contributed by atoms with Crippen molar-refractivity contribution in [1.29, 1.82) is 0 Å². The van der Waals surface area contributed by atoms with E-state index >= 15 is 0 Å². The summed E-state index contributed by atoms with van der Waals surface area (Å²) < 4.78 is 0. The normalized spacial score (nSPS) is 16.9. The number of rotatable bonds is 7. The summed E-state index contributed by atoms with van der Waals surface area (Å²) in [7, 11) is 2.13. The molecule has 0 saturated heterocycles. The molecule has 0 saturated carbocycles. The standard InChI is InChI=1S/C12H24N2/c1-3-4-5-6-7-8-11-14-12-9-10-13(14)2/h9-10H,3-8,11-12H2,1-2H3. The summed E-state index contributed by atoms with van der Waals surface area (Å²) in [6.45, 7) is 4.59. The van der Waals surface area contributed by atoms with Gasteiger partial charge in [0.2, 0.25) is 0 Å². The van der Waals surface area contributed by atoms with Crippen LogP contribution >= 0.6 is 0 Å². The van der Waals surface area contributed by atoms with E-state index in [1.54, 1.807) is 0 Å². The van der Waals surface area contributed by atoms with Gasteiger partial charge in [-0.3, -0.25) is 0 Å². The van der Waals surface area contributed by atoms with Crippen LogP contribution in [0.25, 0.3) is 0 Å². The minimum Gasteiger partial charge on any atom is -0.316 e. The van der Waals surface area contributed by atoms with Crippen LogP contribution in [-0.2, 0) is 0 Å². The van der Waals surface area contributed by atoms with E-state index in [1.807, 2.05) is 0 Å². The van der Waals surface area contributed by atoms with Crippen molar-refractivity contribution in [2.24, 2.45) is 0 Å². The van der Waals surface area contributed by atoms with Gasteiger partial charge in [-0.1, -0.05) is 45.1 Å². The van der Waals surface area contributed by atoms with E-state index in [9.17, 15) is 0 Å². The SMILES string of the molecule is CCCCCCCCN1CC=CN1C. The summed E-state index contributed by atoms with van der Waals surface area (Å²) in [4.78, 5) is 0. The Kier molecular flexibility index (Phi) is 5.69. The Morgan fingerprint density at radius 1 is 1.07 bits per heavy atom. The number of hydrogen-bond donors (Lipinski definition) is 0. The van der Waals surface area contributed by atoms with Gasteiger partial charge in [0.05, 0.1) is 0 Å². The average Bonchev–Trinajstić information content (AvgIpc) is 2.58. The first kappa shape index (κ1) is 11.6. The molecular weight excluding hydrogens is 172 g/mol. The molecule has 1 heterocycles. The van der Waals surface area contributed by atoms with Crippen LogP contribution in [0.15, 0.2) is 12.3 Å². The third-order valence-corrected chi connectivity index (χ3v) is 2.85. The summed E-state index contributed by atoms with van der Waals surface area (Å²) in [5.74, 6) is 0. The molecule has 0 unspecified atom stereocenters. The van der Waals surface area contributed by atoms with Crippen LogP contribution in [0.1, 0.15) is 45.4 Å². The second-order valence-corrected chi connectivity index (χ2v) is 4.14. The van der Waals surface area contributed by atoms with Gasteiger partial charge in [-0.2, -0.15) is 0 Å². The highest BCUT2D eigenvalue weighted by molar-refractivity contribution is 4.89. The largest absolute Gasteiger partial charge is 0.316 e. The van der Waals surface area contributed by atoms with Gasteiger partial charge < -0.3 is 5.01 Å². The van der Waals surface area contributed by atoms with E-state index < -0.39 is 0 Å². The molecule has 0 bridgehead atoms. The maximum atomic E-state index is 2.39. The van der Waals surface area contributed by atoms with Gasteiger partial charge in [-0.15, -0.1) is 0 Å². The van der Waals surface area contributed by atoms with Crippen LogP contribution in [0.5, 0.6) is 0 Å². The van der Waals surface area contributed by atoms with Crippen molar-refractivity contribution in [3.8, 4) is 0 Å². The Morgan fingerprint density at radius 3 is 2.43 bits per heavy atom. The Morgan fingerprint density at radius 2 is 1.79 bits per heavy atom. The van der Waals surface area contributed by atoms with Crippen molar-refractivity contribution >= 4 is 0 Å². The van der Waals surface area contributed by atoms with Gasteiger partial charge in [0.1, 0.15) is 0 Å². The second-order valence-electron chi connectivity index (χ2n) is 4.14. The van der Waals surface area contributed by atoms with Crippen molar-refractivity contribution in [2.75, 3.05) is 20.1 Å². The van der Waals surface area contributed by atoms with Crippen molar-refractivity contribution in [1.82, 2.24) is 10.0 Å². The zero-order valence-electron chi connectivity index (χ0n) is 9.71. The maximum Gasteiger partial charge on any atom is 0.0378 e. The van der Waals surface area contributed by atoms with E-state index in [1.165, 1.54) is 45.1 Å². The molecule has 0 N–H and O–H groups in total. The molecule has 2 heteroatoms. The smallest absolute Gasteiger partial charge is 0.0378 e. The minimum absolute atomic E-state index is 1.10. The second kappa shape index (κ2) is 6.88. The molecule has 2 nitrogen and oxygen atoms in total. The van der Waals surface area contributed by atoms with E-state index in [2.05, 4.69) is 36.3 Å². The fourth-order valence-corrected chi connectivity index (χ4v) is 1.87. The molecule has 82 valence electrons. The molecule has 1 rings (SSSR count). The molecule has 0 spiro atoms. The molecule has 0 fully saturated rings. The maximum absolute atomic E-state index is 2.39. The van der Waals surface area contributed by atoms with E-state index in [0.717, 1.165) is 6.54 Å². The van der Waals surface area contributed by atoms with E-state index in [0.29, 0.717) is 0 Å². The lowest BCUT2D eigenvalue weighted by molar-refractivity contribution is 0.0779. The molecule has 1 aliphatic heterocycles. The Balaban J connectivity index is 1.89. The van der Waals surface area contributed by atoms with Crippen molar-refractivity contribution in [3.63, 3.8) is 0 Å². The highest BCUT2D eigenvalue weighted by Crippen LogP contribution is 2.09. The molecule has 0 aliphatic carbocycles. The number of hydrogen-bond acceptors (Lipinski definition) is 2. The fraction of sp³-hybridized carbons (Fsp3) is 0.833. The van der Waals surface area contributed by atoms with Gasteiger partial charge in [0.25, 0.3) is 0 Å². The monoisotopic (exact) mass is 196 g/mol. The van der Waals surface area contributed by atoms with Gasteiger partial charge >= 0.3 is 0 Å². The molecule has 14 heavy (non-hydrogen) atoms. The lowest BCUT2D eigenvalue weighted by Gasteiger charge is -2.24. The molecule has 0 aromatic heterocycles. The minimum atomic E-state index is 1.10. The Bertz CT molecular complexity index is 166. The van der Waals surface area contributed by atoms with Crippen LogP contribution in [-0.4, -0.2) is 30.2 Å². The average molecular weight is 196 g/mol. The van der Waals surface area contributed by atoms with Crippen LogP contribution in [0.4, 0.5) is 0 Å². The number of unbranched alkanes of at least 4 members (excludes halogenated alkanes) is 5. The summed E-state index contributed by atoms with van der Waals surface area (Å²) in [6, 6.07) is 0. The predicted octanol–water partition coefficient (Wildman–Crippen LogP) is 3.02. The summed E-state index contributed by atoms with van der Waals surface area (Å²) in [5.41, 5.74) is 0. The fourth-order valence-electron chi connectivity index (χ4n) is 1.87.